The Kier molecular flexibility index (Phi) is 9.25. The molecule has 0 radical (unpaired) electrons. The SMILES string of the molecule is CCc1ccc(NC(N)=NCCCOCCOCc2ccccc2)cc1. The van der Waals surface area contributed by atoms with Crippen LogP contribution in [-0.2, 0) is 22.5 Å². The second kappa shape index (κ2) is 12.1. The summed E-state index contributed by atoms with van der Waals surface area (Å²) in [6.45, 7) is 5.22. The molecule has 0 bridgehead atoms. The Labute approximate surface area is 156 Å². The van der Waals surface area contributed by atoms with Crippen LogP contribution in [0.25, 0.3) is 0 Å². The molecule has 0 spiro atoms. The van der Waals surface area contributed by atoms with Crippen molar-refractivity contribution >= 4 is 11.6 Å². The fourth-order valence-electron chi connectivity index (χ4n) is 2.36. The zero-order chi connectivity index (χ0) is 18.5. The lowest BCUT2D eigenvalue weighted by molar-refractivity contribution is 0.0403. The van der Waals surface area contributed by atoms with Gasteiger partial charge in [-0.05, 0) is 36.1 Å². The molecule has 0 aliphatic rings. The van der Waals surface area contributed by atoms with Crippen molar-refractivity contribution in [3.05, 3.63) is 65.7 Å². The molecule has 2 aromatic rings. The summed E-state index contributed by atoms with van der Waals surface area (Å²) in [7, 11) is 0. The molecule has 0 heterocycles. The maximum Gasteiger partial charge on any atom is 0.193 e. The summed E-state index contributed by atoms with van der Waals surface area (Å²) in [5.41, 5.74) is 9.32. The highest BCUT2D eigenvalue weighted by atomic mass is 16.5. The van der Waals surface area contributed by atoms with Gasteiger partial charge in [-0.2, -0.15) is 0 Å². The maximum atomic E-state index is 5.89. The average molecular weight is 355 g/mol. The molecular weight excluding hydrogens is 326 g/mol. The number of guanidine groups is 1. The standard InChI is InChI=1S/C21H29N3O2/c1-2-18-9-11-20(12-10-18)24-21(22)23-13-6-14-25-15-16-26-17-19-7-4-3-5-8-19/h3-5,7-12H,2,6,13-17H2,1H3,(H3,22,23,24). The van der Waals surface area contributed by atoms with Gasteiger partial charge in [0.05, 0.1) is 19.8 Å². The van der Waals surface area contributed by atoms with Crippen LogP contribution < -0.4 is 11.1 Å². The number of benzene rings is 2. The summed E-state index contributed by atoms with van der Waals surface area (Å²) in [6.07, 6.45) is 1.86. The first kappa shape index (κ1) is 19.9. The van der Waals surface area contributed by atoms with Crippen LogP contribution in [0, 0.1) is 0 Å². The third-order valence-corrected chi connectivity index (χ3v) is 3.85. The zero-order valence-corrected chi connectivity index (χ0v) is 15.5. The Morgan fingerprint density at radius 3 is 2.38 bits per heavy atom. The molecule has 0 atom stereocenters. The predicted molar refractivity (Wildman–Crippen MR) is 107 cm³/mol. The number of aliphatic imine (C=N–C) groups is 1. The molecule has 0 amide bonds. The van der Waals surface area contributed by atoms with Crippen LogP contribution >= 0.6 is 0 Å². The van der Waals surface area contributed by atoms with Crippen LogP contribution in [-0.4, -0.2) is 32.3 Å². The van der Waals surface area contributed by atoms with E-state index in [0.717, 1.165) is 18.5 Å². The van der Waals surface area contributed by atoms with Crippen molar-refractivity contribution in [2.75, 3.05) is 31.7 Å². The number of nitrogens with one attached hydrogen (secondary N) is 1. The summed E-state index contributed by atoms with van der Waals surface area (Å²) in [4.78, 5) is 4.31. The lowest BCUT2D eigenvalue weighted by atomic mass is 10.1. The molecule has 0 aliphatic heterocycles. The van der Waals surface area contributed by atoms with Gasteiger partial charge in [0, 0.05) is 18.8 Å². The number of hydrogen-bond donors (Lipinski definition) is 2. The largest absolute Gasteiger partial charge is 0.379 e. The molecule has 0 saturated heterocycles. The Bertz CT molecular complexity index is 642. The van der Waals surface area contributed by atoms with Crippen LogP contribution in [0.2, 0.25) is 0 Å². The summed E-state index contributed by atoms with van der Waals surface area (Å²) >= 11 is 0. The first-order chi connectivity index (χ1) is 12.8. The van der Waals surface area contributed by atoms with Gasteiger partial charge >= 0.3 is 0 Å². The number of nitrogens with zero attached hydrogens (tertiary/aromatic N) is 1. The third kappa shape index (κ3) is 8.14. The highest BCUT2D eigenvalue weighted by Crippen LogP contribution is 2.09. The Morgan fingerprint density at radius 1 is 0.923 bits per heavy atom. The average Bonchev–Trinajstić information content (AvgIpc) is 2.68. The lowest BCUT2D eigenvalue weighted by Crippen LogP contribution is -2.23. The second-order valence-corrected chi connectivity index (χ2v) is 5.95. The number of rotatable bonds is 11. The Morgan fingerprint density at radius 2 is 1.65 bits per heavy atom. The van der Waals surface area contributed by atoms with Crippen molar-refractivity contribution < 1.29 is 9.47 Å². The van der Waals surface area contributed by atoms with E-state index in [-0.39, 0.29) is 0 Å². The summed E-state index contributed by atoms with van der Waals surface area (Å²) in [5.74, 6) is 0.431. The molecule has 26 heavy (non-hydrogen) atoms. The summed E-state index contributed by atoms with van der Waals surface area (Å²) in [5, 5.41) is 3.09. The zero-order valence-electron chi connectivity index (χ0n) is 15.5. The predicted octanol–water partition coefficient (Wildman–Crippen LogP) is 3.60. The number of ether oxygens (including phenoxy) is 2. The van der Waals surface area contributed by atoms with E-state index in [4.69, 9.17) is 15.2 Å². The molecule has 0 unspecified atom stereocenters. The van der Waals surface area contributed by atoms with Gasteiger partial charge in [-0.15, -0.1) is 0 Å². The molecule has 5 heteroatoms. The van der Waals surface area contributed by atoms with Crippen LogP contribution in [0.15, 0.2) is 59.6 Å². The fourth-order valence-corrected chi connectivity index (χ4v) is 2.36. The topological polar surface area (TPSA) is 68.9 Å². The van der Waals surface area contributed by atoms with E-state index in [1.54, 1.807) is 0 Å². The molecule has 140 valence electrons. The quantitative estimate of drug-likeness (QED) is 0.367. The van der Waals surface area contributed by atoms with Gasteiger partial charge in [0.25, 0.3) is 0 Å². The van der Waals surface area contributed by atoms with Crippen molar-refractivity contribution in [1.82, 2.24) is 0 Å². The van der Waals surface area contributed by atoms with Crippen molar-refractivity contribution in [1.29, 1.82) is 0 Å². The van der Waals surface area contributed by atoms with Gasteiger partial charge < -0.3 is 20.5 Å². The third-order valence-electron chi connectivity index (χ3n) is 3.85. The van der Waals surface area contributed by atoms with Crippen LogP contribution in [0.4, 0.5) is 5.69 Å². The van der Waals surface area contributed by atoms with E-state index >= 15 is 0 Å². The van der Waals surface area contributed by atoms with Crippen LogP contribution in [0.3, 0.4) is 0 Å². The Hall–Kier alpha value is -2.37. The first-order valence-electron chi connectivity index (χ1n) is 9.13. The molecule has 5 nitrogen and oxygen atoms in total. The highest BCUT2D eigenvalue weighted by molar-refractivity contribution is 5.92. The van der Waals surface area contributed by atoms with E-state index in [0.29, 0.717) is 38.9 Å². The van der Waals surface area contributed by atoms with Crippen molar-refractivity contribution in [3.63, 3.8) is 0 Å². The van der Waals surface area contributed by atoms with Crippen molar-refractivity contribution in [2.45, 2.75) is 26.4 Å². The minimum absolute atomic E-state index is 0.431. The number of anilines is 1. The monoisotopic (exact) mass is 355 g/mol. The van der Waals surface area contributed by atoms with Crippen molar-refractivity contribution in [3.8, 4) is 0 Å². The van der Waals surface area contributed by atoms with Gasteiger partial charge in [0.2, 0.25) is 0 Å². The molecule has 2 rings (SSSR count). The van der Waals surface area contributed by atoms with Gasteiger partial charge in [-0.1, -0.05) is 49.4 Å². The lowest BCUT2D eigenvalue weighted by Gasteiger charge is -2.07. The molecule has 3 N–H and O–H groups in total. The van der Waals surface area contributed by atoms with E-state index in [1.807, 2.05) is 30.3 Å². The molecule has 2 aromatic carbocycles. The maximum absolute atomic E-state index is 5.89. The summed E-state index contributed by atoms with van der Waals surface area (Å²) < 4.78 is 11.1. The Balaban J connectivity index is 1.49. The number of hydrogen-bond acceptors (Lipinski definition) is 3. The van der Waals surface area contributed by atoms with E-state index in [2.05, 4.69) is 41.5 Å². The first-order valence-corrected chi connectivity index (χ1v) is 9.13. The summed E-state index contributed by atoms with van der Waals surface area (Å²) in [6, 6.07) is 18.3. The van der Waals surface area contributed by atoms with E-state index < -0.39 is 0 Å². The molecule has 0 aromatic heterocycles. The normalized spacial score (nSPS) is 11.5. The smallest absolute Gasteiger partial charge is 0.193 e. The van der Waals surface area contributed by atoms with Gasteiger partial charge in [-0.25, -0.2) is 0 Å². The van der Waals surface area contributed by atoms with E-state index in [9.17, 15) is 0 Å². The van der Waals surface area contributed by atoms with Gasteiger partial charge in [0.15, 0.2) is 5.96 Å². The van der Waals surface area contributed by atoms with Gasteiger partial charge in [0.1, 0.15) is 0 Å². The van der Waals surface area contributed by atoms with Gasteiger partial charge in [-0.3, -0.25) is 4.99 Å². The minimum Gasteiger partial charge on any atom is -0.379 e. The van der Waals surface area contributed by atoms with E-state index in [1.165, 1.54) is 11.1 Å². The number of nitrogens with two attached hydrogens (primary N) is 1. The van der Waals surface area contributed by atoms with Crippen molar-refractivity contribution in [2.24, 2.45) is 10.7 Å². The highest BCUT2D eigenvalue weighted by Gasteiger charge is 1.96. The molecular formula is C21H29N3O2. The molecule has 0 fully saturated rings. The fraction of sp³-hybridized carbons (Fsp3) is 0.381. The van der Waals surface area contributed by atoms with Crippen LogP contribution in [0.1, 0.15) is 24.5 Å². The molecule has 0 saturated carbocycles. The second-order valence-electron chi connectivity index (χ2n) is 5.95. The number of aryl methyl sites for hydroxylation is 1. The molecule has 0 aliphatic carbocycles. The van der Waals surface area contributed by atoms with Crippen LogP contribution in [0.5, 0.6) is 0 Å². The minimum atomic E-state index is 0.431.